The summed E-state index contributed by atoms with van der Waals surface area (Å²) in [5, 5.41) is 7.70. The molecule has 156 valence electrons. The van der Waals surface area contributed by atoms with Crippen molar-refractivity contribution < 1.29 is 14.3 Å². The number of nitrogens with one attached hydrogen (secondary N) is 2. The Morgan fingerprint density at radius 3 is 2.33 bits per heavy atom. The molecule has 2 N–H and O–H groups in total. The number of fused-ring (bicyclic) bond motifs is 1. The van der Waals surface area contributed by atoms with Crippen molar-refractivity contribution in [2.75, 3.05) is 17.2 Å². The fraction of sp³-hybridized carbons (Fsp3) is 0.280. The lowest BCUT2D eigenvalue weighted by Gasteiger charge is -2.10. The van der Waals surface area contributed by atoms with Gasteiger partial charge in [0, 0.05) is 11.1 Å². The fourth-order valence-corrected chi connectivity index (χ4v) is 3.26. The number of ether oxygens (including phenoxy) is 1. The lowest BCUT2D eigenvalue weighted by molar-refractivity contribution is 0.0497. The SMILES string of the molecule is CCCCCCCOC(=O)c1ccc(NC(=O)Nc2cccc3ccccc23)cc1. The van der Waals surface area contributed by atoms with Gasteiger partial charge in [-0.05, 0) is 42.1 Å². The Hall–Kier alpha value is -3.34. The van der Waals surface area contributed by atoms with E-state index in [1.807, 2.05) is 42.5 Å². The standard InChI is InChI=1S/C25H28N2O3/c1-2-3-4-5-8-18-30-24(28)20-14-16-21(17-15-20)26-25(29)27-23-13-9-11-19-10-6-7-12-22(19)23/h6-7,9-17H,2-5,8,18H2,1H3,(H2,26,27,29). The molecule has 0 aliphatic heterocycles. The Morgan fingerprint density at radius 2 is 1.53 bits per heavy atom. The Labute approximate surface area is 177 Å². The van der Waals surface area contributed by atoms with Gasteiger partial charge in [-0.25, -0.2) is 9.59 Å². The summed E-state index contributed by atoms with van der Waals surface area (Å²) in [4.78, 5) is 24.5. The van der Waals surface area contributed by atoms with Crippen LogP contribution < -0.4 is 10.6 Å². The minimum Gasteiger partial charge on any atom is -0.462 e. The molecule has 0 aromatic heterocycles. The molecule has 5 nitrogen and oxygen atoms in total. The summed E-state index contributed by atoms with van der Waals surface area (Å²) < 4.78 is 5.31. The summed E-state index contributed by atoms with van der Waals surface area (Å²) in [5.41, 5.74) is 1.82. The number of esters is 1. The van der Waals surface area contributed by atoms with Crippen molar-refractivity contribution >= 4 is 34.1 Å². The Morgan fingerprint density at radius 1 is 0.800 bits per heavy atom. The molecule has 3 rings (SSSR count). The van der Waals surface area contributed by atoms with Gasteiger partial charge in [0.05, 0.1) is 17.9 Å². The summed E-state index contributed by atoms with van der Waals surface area (Å²) in [6.45, 7) is 2.61. The monoisotopic (exact) mass is 404 g/mol. The van der Waals surface area contributed by atoms with Gasteiger partial charge >= 0.3 is 12.0 Å². The topological polar surface area (TPSA) is 67.4 Å². The van der Waals surface area contributed by atoms with E-state index < -0.39 is 0 Å². The third kappa shape index (κ3) is 6.08. The summed E-state index contributed by atoms with van der Waals surface area (Å²) in [5.74, 6) is -0.336. The minimum absolute atomic E-state index is 0.336. The number of hydrogen-bond donors (Lipinski definition) is 2. The van der Waals surface area contributed by atoms with E-state index in [1.54, 1.807) is 24.3 Å². The second kappa shape index (κ2) is 11.0. The smallest absolute Gasteiger partial charge is 0.338 e. The second-order valence-corrected chi connectivity index (χ2v) is 7.23. The Balaban J connectivity index is 1.50. The van der Waals surface area contributed by atoms with Crippen LogP contribution in [0.2, 0.25) is 0 Å². The highest BCUT2D eigenvalue weighted by Gasteiger charge is 2.09. The van der Waals surface area contributed by atoms with Crippen LogP contribution in [-0.2, 0) is 4.74 Å². The normalized spacial score (nSPS) is 10.6. The first-order chi connectivity index (χ1) is 14.7. The molecule has 0 saturated carbocycles. The maximum atomic E-state index is 12.4. The second-order valence-electron chi connectivity index (χ2n) is 7.23. The molecule has 2 amide bonds. The molecular weight excluding hydrogens is 376 g/mol. The maximum Gasteiger partial charge on any atom is 0.338 e. The zero-order chi connectivity index (χ0) is 21.2. The van der Waals surface area contributed by atoms with Crippen molar-refractivity contribution in [1.82, 2.24) is 0 Å². The molecule has 0 saturated heterocycles. The summed E-state index contributed by atoms with van der Waals surface area (Å²) in [7, 11) is 0. The highest BCUT2D eigenvalue weighted by atomic mass is 16.5. The molecule has 30 heavy (non-hydrogen) atoms. The molecule has 0 atom stereocenters. The number of benzene rings is 3. The van der Waals surface area contributed by atoms with E-state index in [0.717, 1.165) is 29.3 Å². The van der Waals surface area contributed by atoms with Gasteiger partial charge in [-0.3, -0.25) is 0 Å². The summed E-state index contributed by atoms with van der Waals surface area (Å²) in [6, 6.07) is 20.0. The predicted molar refractivity (Wildman–Crippen MR) is 122 cm³/mol. The number of unbranched alkanes of at least 4 members (excludes halogenated alkanes) is 4. The van der Waals surface area contributed by atoms with Gasteiger partial charge in [-0.15, -0.1) is 0 Å². The molecule has 5 heteroatoms. The van der Waals surface area contributed by atoms with E-state index in [9.17, 15) is 9.59 Å². The highest BCUT2D eigenvalue weighted by Crippen LogP contribution is 2.23. The van der Waals surface area contributed by atoms with Crippen molar-refractivity contribution in [3.8, 4) is 0 Å². The van der Waals surface area contributed by atoms with Crippen LogP contribution in [0.5, 0.6) is 0 Å². The van der Waals surface area contributed by atoms with E-state index in [2.05, 4.69) is 17.6 Å². The van der Waals surface area contributed by atoms with Crippen LogP contribution >= 0.6 is 0 Å². The number of hydrogen-bond acceptors (Lipinski definition) is 3. The van der Waals surface area contributed by atoms with Crippen LogP contribution in [0.1, 0.15) is 49.4 Å². The van der Waals surface area contributed by atoms with Gasteiger partial charge < -0.3 is 15.4 Å². The zero-order valence-corrected chi connectivity index (χ0v) is 17.3. The fourth-order valence-electron chi connectivity index (χ4n) is 3.26. The average Bonchev–Trinajstić information content (AvgIpc) is 2.77. The maximum absolute atomic E-state index is 12.4. The minimum atomic E-state index is -0.339. The van der Waals surface area contributed by atoms with E-state index >= 15 is 0 Å². The van der Waals surface area contributed by atoms with Crippen LogP contribution in [-0.4, -0.2) is 18.6 Å². The van der Waals surface area contributed by atoms with Crippen molar-refractivity contribution in [2.45, 2.75) is 39.0 Å². The zero-order valence-electron chi connectivity index (χ0n) is 17.3. The molecule has 0 aliphatic carbocycles. The lowest BCUT2D eigenvalue weighted by Crippen LogP contribution is -2.19. The van der Waals surface area contributed by atoms with Gasteiger partial charge in [-0.2, -0.15) is 0 Å². The first kappa shape index (κ1) is 21.4. The molecule has 0 unspecified atom stereocenters. The molecule has 0 bridgehead atoms. The van der Waals surface area contributed by atoms with Crippen molar-refractivity contribution in [3.05, 3.63) is 72.3 Å². The van der Waals surface area contributed by atoms with Gasteiger partial charge in [-0.1, -0.05) is 69.0 Å². The Kier molecular flexibility index (Phi) is 7.84. The average molecular weight is 405 g/mol. The molecule has 0 heterocycles. The van der Waals surface area contributed by atoms with Crippen molar-refractivity contribution in [2.24, 2.45) is 0 Å². The quantitative estimate of drug-likeness (QED) is 0.311. The largest absolute Gasteiger partial charge is 0.462 e. The number of rotatable bonds is 9. The first-order valence-corrected chi connectivity index (χ1v) is 10.5. The van der Waals surface area contributed by atoms with Crippen LogP contribution in [0.25, 0.3) is 10.8 Å². The number of urea groups is 1. The molecule has 0 spiro atoms. The van der Waals surface area contributed by atoms with E-state index in [-0.39, 0.29) is 12.0 Å². The molecule has 0 aliphatic rings. The van der Waals surface area contributed by atoms with Gasteiger partial charge in [0.25, 0.3) is 0 Å². The third-order valence-corrected chi connectivity index (χ3v) is 4.90. The Bertz CT molecular complexity index is 978. The lowest BCUT2D eigenvalue weighted by atomic mass is 10.1. The van der Waals surface area contributed by atoms with Gasteiger partial charge in [0.2, 0.25) is 0 Å². The van der Waals surface area contributed by atoms with Gasteiger partial charge in [0.1, 0.15) is 0 Å². The van der Waals surface area contributed by atoms with Gasteiger partial charge in [0.15, 0.2) is 0 Å². The number of amides is 2. The highest BCUT2D eigenvalue weighted by molar-refractivity contribution is 6.06. The van der Waals surface area contributed by atoms with Crippen LogP contribution in [0.3, 0.4) is 0 Å². The predicted octanol–water partition coefficient (Wildman–Crippen LogP) is 6.61. The number of carbonyl (C=O) groups excluding carboxylic acids is 2. The van der Waals surface area contributed by atoms with Crippen molar-refractivity contribution in [1.29, 1.82) is 0 Å². The summed E-state index contributed by atoms with van der Waals surface area (Å²) >= 11 is 0. The molecule has 3 aromatic rings. The summed E-state index contributed by atoms with van der Waals surface area (Å²) in [6.07, 6.45) is 5.56. The van der Waals surface area contributed by atoms with E-state index in [1.165, 1.54) is 19.3 Å². The van der Waals surface area contributed by atoms with Crippen LogP contribution in [0.4, 0.5) is 16.2 Å². The van der Waals surface area contributed by atoms with Crippen LogP contribution in [0, 0.1) is 0 Å². The molecular formula is C25H28N2O3. The third-order valence-electron chi connectivity index (χ3n) is 4.90. The first-order valence-electron chi connectivity index (χ1n) is 10.5. The van der Waals surface area contributed by atoms with Crippen LogP contribution in [0.15, 0.2) is 66.7 Å². The number of anilines is 2. The molecule has 0 radical (unpaired) electrons. The van der Waals surface area contributed by atoms with Crippen molar-refractivity contribution in [3.63, 3.8) is 0 Å². The van der Waals surface area contributed by atoms with E-state index in [4.69, 9.17) is 4.74 Å². The number of carbonyl (C=O) groups is 2. The molecule has 0 fully saturated rings. The van der Waals surface area contributed by atoms with E-state index in [0.29, 0.717) is 17.9 Å². The molecule has 3 aromatic carbocycles.